The van der Waals surface area contributed by atoms with Crippen LogP contribution in [0.3, 0.4) is 0 Å². The van der Waals surface area contributed by atoms with Gasteiger partial charge < -0.3 is 15.5 Å². The van der Waals surface area contributed by atoms with Crippen LogP contribution in [0.4, 0.5) is 13.2 Å². The topological polar surface area (TPSA) is 61.4 Å². The number of carbonyl (C=O) groups is 2. The lowest BCUT2D eigenvalue weighted by atomic mass is 9.94. The van der Waals surface area contributed by atoms with E-state index < -0.39 is 11.7 Å². The molecule has 2 saturated heterocycles. The van der Waals surface area contributed by atoms with Crippen LogP contribution in [-0.2, 0) is 11.0 Å². The van der Waals surface area contributed by atoms with Gasteiger partial charge in [-0.05, 0) is 56.5 Å². The maximum atomic E-state index is 12.6. The number of alkyl halides is 3. The second kappa shape index (κ2) is 8.29. The smallest absolute Gasteiger partial charge is 0.352 e. The van der Waals surface area contributed by atoms with Crippen molar-refractivity contribution in [3.8, 4) is 0 Å². The molecule has 5 nitrogen and oxygen atoms in total. The molecule has 1 atom stereocenters. The van der Waals surface area contributed by atoms with Gasteiger partial charge >= 0.3 is 6.18 Å². The molecule has 2 heterocycles. The van der Waals surface area contributed by atoms with Gasteiger partial charge in [0.05, 0.1) is 5.56 Å². The van der Waals surface area contributed by atoms with Crippen molar-refractivity contribution in [2.45, 2.75) is 37.9 Å². The van der Waals surface area contributed by atoms with Crippen molar-refractivity contribution < 1.29 is 22.8 Å². The summed E-state index contributed by atoms with van der Waals surface area (Å²) in [4.78, 5) is 26.5. The molecule has 148 valence electrons. The van der Waals surface area contributed by atoms with Crippen LogP contribution >= 0.6 is 0 Å². The van der Waals surface area contributed by atoms with E-state index in [0.717, 1.165) is 38.1 Å². The SMILES string of the molecule is O=C(N[C@H]1CCCNC1)C1CCN(C(=O)c2ccc(C(F)(F)F)cc2)CC1. The van der Waals surface area contributed by atoms with Crippen molar-refractivity contribution in [3.05, 3.63) is 35.4 Å². The fourth-order valence-electron chi connectivity index (χ4n) is 3.62. The van der Waals surface area contributed by atoms with E-state index in [1.54, 1.807) is 4.90 Å². The number of nitrogens with zero attached hydrogens (tertiary/aromatic N) is 1. The summed E-state index contributed by atoms with van der Waals surface area (Å²) >= 11 is 0. The summed E-state index contributed by atoms with van der Waals surface area (Å²) in [6, 6.07) is 4.43. The highest BCUT2D eigenvalue weighted by atomic mass is 19.4. The molecule has 0 unspecified atom stereocenters. The first-order valence-corrected chi connectivity index (χ1v) is 9.32. The number of hydrogen-bond acceptors (Lipinski definition) is 3. The first kappa shape index (κ1) is 19.7. The van der Waals surface area contributed by atoms with Crippen LogP contribution in [0.25, 0.3) is 0 Å². The molecule has 2 aliphatic rings. The zero-order valence-corrected chi connectivity index (χ0v) is 15.0. The summed E-state index contributed by atoms with van der Waals surface area (Å²) in [5, 5.41) is 6.33. The Hall–Kier alpha value is -2.09. The third-order valence-corrected chi connectivity index (χ3v) is 5.26. The number of benzene rings is 1. The summed E-state index contributed by atoms with van der Waals surface area (Å²) in [6.07, 6.45) is -1.26. The van der Waals surface area contributed by atoms with Crippen LogP contribution in [0, 0.1) is 5.92 Å². The second-order valence-electron chi connectivity index (χ2n) is 7.19. The monoisotopic (exact) mass is 383 g/mol. The molecule has 8 heteroatoms. The third kappa shape index (κ3) is 5.00. The van der Waals surface area contributed by atoms with Gasteiger partial charge in [0.2, 0.25) is 5.91 Å². The molecular weight excluding hydrogens is 359 g/mol. The molecule has 2 amide bonds. The van der Waals surface area contributed by atoms with Gasteiger partial charge in [-0.15, -0.1) is 0 Å². The molecule has 2 N–H and O–H groups in total. The number of halogens is 3. The van der Waals surface area contributed by atoms with Gasteiger partial charge in [0.1, 0.15) is 0 Å². The molecule has 0 radical (unpaired) electrons. The standard InChI is InChI=1S/C19H24F3N3O2/c20-19(21,22)15-5-3-14(4-6-15)18(27)25-10-7-13(8-11-25)17(26)24-16-2-1-9-23-12-16/h3-6,13,16,23H,1-2,7-12H2,(H,24,26)/t16-/m0/s1. The van der Waals surface area contributed by atoms with E-state index in [0.29, 0.717) is 25.9 Å². The summed E-state index contributed by atoms with van der Waals surface area (Å²) < 4.78 is 37.9. The van der Waals surface area contributed by atoms with Crippen LogP contribution in [-0.4, -0.2) is 48.9 Å². The largest absolute Gasteiger partial charge is 0.416 e. The van der Waals surface area contributed by atoms with E-state index in [1.807, 2.05) is 0 Å². The van der Waals surface area contributed by atoms with Gasteiger partial charge in [0, 0.05) is 37.2 Å². The maximum Gasteiger partial charge on any atom is 0.416 e. The number of rotatable bonds is 3. The first-order chi connectivity index (χ1) is 12.8. The minimum absolute atomic E-state index is 0.0327. The summed E-state index contributed by atoms with van der Waals surface area (Å²) in [5.41, 5.74) is -0.536. The Morgan fingerprint density at radius 2 is 1.74 bits per heavy atom. The Balaban J connectivity index is 1.50. The van der Waals surface area contributed by atoms with Crippen molar-refractivity contribution in [1.29, 1.82) is 0 Å². The average Bonchev–Trinajstić information content (AvgIpc) is 2.68. The molecule has 1 aromatic rings. The number of carbonyl (C=O) groups excluding carboxylic acids is 2. The number of hydrogen-bond donors (Lipinski definition) is 2. The molecule has 0 aromatic heterocycles. The lowest BCUT2D eigenvalue weighted by Crippen LogP contribution is -2.49. The highest BCUT2D eigenvalue weighted by Crippen LogP contribution is 2.29. The van der Waals surface area contributed by atoms with Gasteiger partial charge in [-0.2, -0.15) is 13.2 Å². The summed E-state index contributed by atoms with van der Waals surface area (Å²) in [7, 11) is 0. The Labute approximate surface area is 156 Å². The van der Waals surface area contributed by atoms with Gasteiger partial charge in [-0.25, -0.2) is 0 Å². The molecule has 2 aliphatic heterocycles. The molecule has 3 rings (SSSR count). The Morgan fingerprint density at radius 3 is 2.30 bits per heavy atom. The molecule has 0 bridgehead atoms. The van der Waals surface area contributed by atoms with Crippen molar-refractivity contribution in [3.63, 3.8) is 0 Å². The van der Waals surface area contributed by atoms with Crippen LogP contribution in [0.2, 0.25) is 0 Å². The van der Waals surface area contributed by atoms with E-state index >= 15 is 0 Å². The van der Waals surface area contributed by atoms with E-state index in [9.17, 15) is 22.8 Å². The van der Waals surface area contributed by atoms with Crippen molar-refractivity contribution in [2.75, 3.05) is 26.2 Å². The number of amides is 2. The predicted molar refractivity (Wildman–Crippen MR) is 94.1 cm³/mol. The van der Waals surface area contributed by atoms with E-state index in [-0.39, 0.29) is 29.3 Å². The summed E-state index contributed by atoms with van der Waals surface area (Å²) in [5.74, 6) is -0.382. The highest BCUT2D eigenvalue weighted by Gasteiger charge is 2.32. The van der Waals surface area contributed by atoms with E-state index in [1.165, 1.54) is 12.1 Å². The lowest BCUT2D eigenvalue weighted by Gasteiger charge is -2.33. The van der Waals surface area contributed by atoms with Crippen molar-refractivity contribution in [2.24, 2.45) is 5.92 Å². The van der Waals surface area contributed by atoms with Crippen LogP contribution < -0.4 is 10.6 Å². The van der Waals surface area contributed by atoms with Crippen molar-refractivity contribution in [1.82, 2.24) is 15.5 Å². The Morgan fingerprint density at radius 1 is 1.07 bits per heavy atom. The minimum atomic E-state index is -4.42. The predicted octanol–water partition coefficient (Wildman–Crippen LogP) is 2.43. The Kier molecular flexibility index (Phi) is 6.04. The fourth-order valence-corrected chi connectivity index (χ4v) is 3.62. The molecule has 27 heavy (non-hydrogen) atoms. The van der Waals surface area contributed by atoms with Crippen molar-refractivity contribution >= 4 is 11.8 Å². The van der Waals surface area contributed by atoms with Crippen LogP contribution in [0.15, 0.2) is 24.3 Å². The highest BCUT2D eigenvalue weighted by molar-refractivity contribution is 5.94. The van der Waals surface area contributed by atoms with Gasteiger partial charge in [-0.1, -0.05) is 0 Å². The second-order valence-corrected chi connectivity index (χ2v) is 7.19. The van der Waals surface area contributed by atoms with Gasteiger partial charge in [0.15, 0.2) is 0 Å². The number of piperidine rings is 2. The molecule has 0 spiro atoms. The number of nitrogens with one attached hydrogen (secondary N) is 2. The third-order valence-electron chi connectivity index (χ3n) is 5.26. The van der Waals surface area contributed by atoms with E-state index in [4.69, 9.17) is 0 Å². The normalized spacial score (nSPS) is 21.7. The summed E-state index contributed by atoms with van der Waals surface area (Å²) in [6.45, 7) is 2.63. The Bertz CT molecular complexity index is 662. The van der Waals surface area contributed by atoms with E-state index in [2.05, 4.69) is 10.6 Å². The quantitative estimate of drug-likeness (QED) is 0.843. The molecule has 0 saturated carbocycles. The van der Waals surface area contributed by atoms with Crippen LogP contribution in [0.1, 0.15) is 41.6 Å². The molecular formula is C19H24F3N3O2. The zero-order valence-electron chi connectivity index (χ0n) is 15.0. The molecule has 2 fully saturated rings. The van der Waals surface area contributed by atoms with Gasteiger partial charge in [0.25, 0.3) is 5.91 Å². The number of likely N-dealkylation sites (tertiary alicyclic amines) is 1. The lowest BCUT2D eigenvalue weighted by molar-refractivity contribution is -0.137. The van der Waals surface area contributed by atoms with Gasteiger partial charge in [-0.3, -0.25) is 9.59 Å². The van der Waals surface area contributed by atoms with Crippen LogP contribution in [0.5, 0.6) is 0 Å². The zero-order chi connectivity index (χ0) is 19.4. The molecule has 0 aliphatic carbocycles. The minimum Gasteiger partial charge on any atom is -0.352 e. The average molecular weight is 383 g/mol. The maximum absolute atomic E-state index is 12.6. The first-order valence-electron chi connectivity index (χ1n) is 9.32. The molecule has 1 aromatic carbocycles. The fraction of sp³-hybridized carbons (Fsp3) is 0.579.